The van der Waals surface area contributed by atoms with Gasteiger partial charge in [0.15, 0.2) is 0 Å². The topological polar surface area (TPSA) is 51.2 Å². The summed E-state index contributed by atoms with van der Waals surface area (Å²) < 4.78 is 5.43. The second-order valence-corrected chi connectivity index (χ2v) is 6.06. The second-order valence-electron chi connectivity index (χ2n) is 6.06. The van der Waals surface area contributed by atoms with Gasteiger partial charge in [0, 0.05) is 18.0 Å². The molecule has 3 rings (SSSR count). The molecule has 26 heavy (non-hydrogen) atoms. The molecule has 0 spiro atoms. The van der Waals surface area contributed by atoms with Gasteiger partial charge in [0.25, 0.3) is 5.91 Å². The lowest BCUT2D eigenvalue weighted by atomic mass is 9.98. The number of nitrogens with zero attached hydrogens (tertiary/aromatic N) is 1. The van der Waals surface area contributed by atoms with E-state index in [2.05, 4.69) is 10.3 Å². The Morgan fingerprint density at radius 3 is 2.38 bits per heavy atom. The van der Waals surface area contributed by atoms with E-state index in [0.717, 1.165) is 16.9 Å². The maximum absolute atomic E-state index is 12.8. The van der Waals surface area contributed by atoms with Crippen molar-refractivity contribution in [2.24, 2.45) is 0 Å². The molecule has 0 saturated carbocycles. The first-order valence-electron chi connectivity index (χ1n) is 8.67. The number of rotatable bonds is 6. The molecule has 0 unspecified atom stereocenters. The molecule has 1 aromatic heterocycles. The molecule has 2 aromatic carbocycles. The van der Waals surface area contributed by atoms with Crippen LogP contribution in [0.25, 0.3) is 0 Å². The highest BCUT2D eigenvalue weighted by atomic mass is 16.5. The smallest absolute Gasteiger partial charge is 0.252 e. The molecule has 1 atom stereocenters. The summed E-state index contributed by atoms with van der Waals surface area (Å²) in [5, 5.41) is 3.12. The highest BCUT2D eigenvalue weighted by Crippen LogP contribution is 2.23. The Morgan fingerprint density at radius 1 is 1.04 bits per heavy atom. The van der Waals surface area contributed by atoms with E-state index in [1.807, 2.05) is 62.4 Å². The van der Waals surface area contributed by atoms with Crippen LogP contribution in [-0.4, -0.2) is 17.5 Å². The van der Waals surface area contributed by atoms with Crippen LogP contribution in [0.15, 0.2) is 73.1 Å². The van der Waals surface area contributed by atoms with Gasteiger partial charge in [-0.2, -0.15) is 0 Å². The fraction of sp³-hybridized carbons (Fsp3) is 0.182. The highest BCUT2D eigenvalue weighted by Gasteiger charge is 2.18. The van der Waals surface area contributed by atoms with E-state index in [-0.39, 0.29) is 11.9 Å². The molecule has 0 saturated heterocycles. The summed E-state index contributed by atoms with van der Waals surface area (Å²) in [7, 11) is 0. The molecule has 0 bridgehead atoms. The molecule has 3 aromatic rings. The molecule has 4 nitrogen and oxygen atoms in total. The summed E-state index contributed by atoms with van der Waals surface area (Å²) in [6.45, 7) is 4.57. The van der Waals surface area contributed by atoms with Crippen LogP contribution in [0.5, 0.6) is 5.75 Å². The van der Waals surface area contributed by atoms with Gasteiger partial charge in [-0.1, -0.05) is 35.9 Å². The number of benzene rings is 2. The second kappa shape index (κ2) is 8.30. The summed E-state index contributed by atoms with van der Waals surface area (Å²) in [6, 6.07) is 18.9. The van der Waals surface area contributed by atoms with Crippen molar-refractivity contribution in [2.75, 3.05) is 6.61 Å². The van der Waals surface area contributed by atoms with Crippen molar-refractivity contribution in [1.82, 2.24) is 10.3 Å². The minimum absolute atomic E-state index is 0.137. The van der Waals surface area contributed by atoms with Crippen molar-refractivity contribution in [2.45, 2.75) is 19.9 Å². The molecule has 4 heteroatoms. The third-order valence-corrected chi connectivity index (χ3v) is 4.13. The molecule has 1 heterocycles. The molecule has 1 N–H and O–H groups in total. The predicted molar refractivity (Wildman–Crippen MR) is 102 cm³/mol. The van der Waals surface area contributed by atoms with Gasteiger partial charge in [0.2, 0.25) is 0 Å². The van der Waals surface area contributed by atoms with Crippen LogP contribution in [0.3, 0.4) is 0 Å². The number of pyridine rings is 1. The van der Waals surface area contributed by atoms with E-state index in [1.54, 1.807) is 24.5 Å². The summed E-state index contributed by atoms with van der Waals surface area (Å²) in [4.78, 5) is 17.0. The number of amides is 1. The molecular weight excluding hydrogens is 324 g/mol. The van der Waals surface area contributed by atoms with Crippen LogP contribution in [0.1, 0.15) is 40.0 Å². The third kappa shape index (κ3) is 4.28. The fourth-order valence-electron chi connectivity index (χ4n) is 2.75. The number of aromatic nitrogens is 1. The van der Waals surface area contributed by atoms with E-state index in [1.165, 1.54) is 5.56 Å². The molecule has 0 aliphatic heterocycles. The lowest BCUT2D eigenvalue weighted by Gasteiger charge is -2.20. The van der Waals surface area contributed by atoms with Crippen LogP contribution in [0, 0.1) is 6.92 Å². The van der Waals surface area contributed by atoms with E-state index in [0.29, 0.717) is 12.2 Å². The Kier molecular flexibility index (Phi) is 5.64. The SMILES string of the molecule is CCOc1ccc(C(=O)N[C@@H](c2ccc(C)cc2)c2cccnc2)cc1. The molecule has 0 fully saturated rings. The lowest BCUT2D eigenvalue weighted by Crippen LogP contribution is -2.29. The van der Waals surface area contributed by atoms with E-state index in [4.69, 9.17) is 4.74 Å². The standard InChI is InChI=1S/C22H22N2O2/c1-3-26-20-12-10-18(11-13-20)22(25)24-21(19-5-4-14-23-15-19)17-8-6-16(2)7-9-17/h4-15,21H,3H2,1-2H3,(H,24,25)/t21-/m0/s1. The van der Waals surface area contributed by atoms with Gasteiger partial charge in [-0.15, -0.1) is 0 Å². The van der Waals surface area contributed by atoms with E-state index >= 15 is 0 Å². The molecular formula is C22H22N2O2. The summed E-state index contributed by atoms with van der Waals surface area (Å²) in [5.74, 6) is 0.619. The van der Waals surface area contributed by atoms with Gasteiger partial charge >= 0.3 is 0 Å². The zero-order valence-corrected chi connectivity index (χ0v) is 15.0. The van der Waals surface area contributed by atoms with Gasteiger partial charge in [0.1, 0.15) is 5.75 Å². The Hall–Kier alpha value is -3.14. The molecule has 0 radical (unpaired) electrons. The molecule has 0 aliphatic carbocycles. The normalized spacial score (nSPS) is 11.6. The maximum Gasteiger partial charge on any atom is 0.252 e. The van der Waals surface area contributed by atoms with Crippen molar-refractivity contribution >= 4 is 5.91 Å². The van der Waals surface area contributed by atoms with Crippen LogP contribution in [0.2, 0.25) is 0 Å². The average molecular weight is 346 g/mol. The Labute approximate surface area is 153 Å². The summed E-state index contributed by atoms with van der Waals surface area (Å²) in [6.07, 6.45) is 3.51. The first-order valence-corrected chi connectivity index (χ1v) is 8.67. The predicted octanol–water partition coefficient (Wildman–Crippen LogP) is 4.31. The van der Waals surface area contributed by atoms with Crippen molar-refractivity contribution in [3.63, 3.8) is 0 Å². The lowest BCUT2D eigenvalue weighted by molar-refractivity contribution is 0.0943. The number of nitrogens with one attached hydrogen (secondary N) is 1. The van der Waals surface area contributed by atoms with Crippen molar-refractivity contribution in [3.8, 4) is 5.75 Å². The summed E-state index contributed by atoms with van der Waals surface area (Å²) >= 11 is 0. The fourth-order valence-corrected chi connectivity index (χ4v) is 2.75. The number of carbonyl (C=O) groups is 1. The first-order chi connectivity index (χ1) is 12.7. The number of ether oxygens (including phenoxy) is 1. The van der Waals surface area contributed by atoms with Crippen LogP contribution in [0.4, 0.5) is 0 Å². The van der Waals surface area contributed by atoms with Crippen molar-refractivity contribution < 1.29 is 9.53 Å². The number of carbonyl (C=O) groups excluding carboxylic acids is 1. The zero-order valence-electron chi connectivity index (χ0n) is 15.0. The number of aryl methyl sites for hydroxylation is 1. The van der Waals surface area contributed by atoms with Gasteiger partial charge in [0.05, 0.1) is 12.6 Å². The Bertz CT molecular complexity index is 844. The largest absolute Gasteiger partial charge is 0.494 e. The summed E-state index contributed by atoms with van der Waals surface area (Å²) in [5.41, 5.74) is 3.73. The molecule has 0 aliphatic rings. The zero-order chi connectivity index (χ0) is 18.4. The van der Waals surface area contributed by atoms with Crippen LogP contribution >= 0.6 is 0 Å². The van der Waals surface area contributed by atoms with Gasteiger partial charge in [-0.3, -0.25) is 9.78 Å². The third-order valence-electron chi connectivity index (χ3n) is 4.13. The van der Waals surface area contributed by atoms with Crippen LogP contribution in [-0.2, 0) is 0 Å². The van der Waals surface area contributed by atoms with Gasteiger partial charge < -0.3 is 10.1 Å². The molecule has 1 amide bonds. The van der Waals surface area contributed by atoms with E-state index < -0.39 is 0 Å². The van der Waals surface area contributed by atoms with Gasteiger partial charge in [-0.05, 0) is 55.3 Å². The number of hydrogen-bond acceptors (Lipinski definition) is 3. The quantitative estimate of drug-likeness (QED) is 0.724. The van der Waals surface area contributed by atoms with Gasteiger partial charge in [-0.25, -0.2) is 0 Å². The highest BCUT2D eigenvalue weighted by molar-refractivity contribution is 5.94. The monoisotopic (exact) mass is 346 g/mol. The average Bonchev–Trinajstić information content (AvgIpc) is 2.68. The van der Waals surface area contributed by atoms with Crippen LogP contribution < -0.4 is 10.1 Å². The minimum Gasteiger partial charge on any atom is -0.494 e. The maximum atomic E-state index is 12.8. The first kappa shape index (κ1) is 17.7. The molecule has 132 valence electrons. The Morgan fingerprint density at radius 2 is 1.77 bits per heavy atom. The number of hydrogen-bond donors (Lipinski definition) is 1. The minimum atomic E-state index is -0.261. The van der Waals surface area contributed by atoms with E-state index in [9.17, 15) is 4.79 Å². The Balaban J connectivity index is 1.85. The van der Waals surface area contributed by atoms with Crippen molar-refractivity contribution in [3.05, 3.63) is 95.3 Å². The van der Waals surface area contributed by atoms with Crippen molar-refractivity contribution in [1.29, 1.82) is 0 Å².